The summed E-state index contributed by atoms with van der Waals surface area (Å²) in [6.07, 6.45) is 3.26. The van der Waals surface area contributed by atoms with Crippen molar-refractivity contribution in [1.82, 2.24) is 10.2 Å². The average Bonchev–Trinajstić information content (AvgIpc) is 2.94. The van der Waals surface area contributed by atoms with Crippen LogP contribution >= 0.6 is 0 Å². The van der Waals surface area contributed by atoms with Gasteiger partial charge in [0.2, 0.25) is 0 Å². The number of carbonyl (C=O) groups is 2. The Morgan fingerprint density at radius 2 is 1.89 bits per heavy atom. The van der Waals surface area contributed by atoms with Crippen LogP contribution in [0.1, 0.15) is 31.2 Å². The Bertz CT molecular complexity index is 538. The molecule has 3 amide bonds. The minimum atomic E-state index is -0.720. The van der Waals surface area contributed by atoms with Gasteiger partial charge in [-0.05, 0) is 18.9 Å². The number of imide groups is 1. The van der Waals surface area contributed by atoms with Crippen molar-refractivity contribution in [3.05, 3.63) is 35.6 Å². The Balaban J connectivity index is 1.84. The topological polar surface area (TPSA) is 49.4 Å². The molecular formula is C14H15FN2O2. The van der Waals surface area contributed by atoms with Crippen LogP contribution < -0.4 is 5.32 Å². The second kappa shape index (κ2) is 4.33. The zero-order valence-corrected chi connectivity index (χ0v) is 10.5. The van der Waals surface area contributed by atoms with Gasteiger partial charge in [0.05, 0.1) is 6.54 Å². The van der Waals surface area contributed by atoms with Crippen LogP contribution in [-0.4, -0.2) is 22.4 Å². The van der Waals surface area contributed by atoms with E-state index in [0.29, 0.717) is 18.4 Å². The van der Waals surface area contributed by atoms with Gasteiger partial charge in [-0.2, -0.15) is 0 Å². The van der Waals surface area contributed by atoms with Gasteiger partial charge in [-0.15, -0.1) is 0 Å². The Morgan fingerprint density at radius 1 is 1.21 bits per heavy atom. The number of hydrogen-bond acceptors (Lipinski definition) is 2. The van der Waals surface area contributed by atoms with E-state index in [4.69, 9.17) is 0 Å². The number of halogens is 1. The molecule has 1 saturated heterocycles. The molecule has 4 nitrogen and oxygen atoms in total. The first-order valence-electron chi connectivity index (χ1n) is 6.50. The number of hydrogen-bond donors (Lipinski definition) is 1. The van der Waals surface area contributed by atoms with E-state index in [1.165, 1.54) is 6.07 Å². The number of urea groups is 1. The van der Waals surface area contributed by atoms with Gasteiger partial charge in [0.15, 0.2) is 0 Å². The Labute approximate surface area is 110 Å². The van der Waals surface area contributed by atoms with E-state index < -0.39 is 17.4 Å². The molecule has 0 radical (unpaired) electrons. The molecule has 1 aromatic rings. The van der Waals surface area contributed by atoms with Gasteiger partial charge in [-0.3, -0.25) is 9.69 Å². The lowest BCUT2D eigenvalue weighted by Crippen LogP contribution is -2.44. The molecule has 100 valence electrons. The lowest BCUT2D eigenvalue weighted by Gasteiger charge is -2.20. The molecule has 1 spiro atoms. The van der Waals surface area contributed by atoms with Gasteiger partial charge in [-0.25, -0.2) is 9.18 Å². The molecule has 1 heterocycles. The quantitative estimate of drug-likeness (QED) is 0.831. The van der Waals surface area contributed by atoms with Gasteiger partial charge >= 0.3 is 6.03 Å². The van der Waals surface area contributed by atoms with Crippen molar-refractivity contribution in [2.75, 3.05) is 0 Å². The van der Waals surface area contributed by atoms with Gasteiger partial charge < -0.3 is 5.32 Å². The van der Waals surface area contributed by atoms with Crippen LogP contribution in [0.4, 0.5) is 9.18 Å². The van der Waals surface area contributed by atoms with Crippen LogP contribution in [0.25, 0.3) is 0 Å². The highest BCUT2D eigenvalue weighted by molar-refractivity contribution is 6.07. The fraction of sp³-hybridized carbons (Fsp3) is 0.429. The molecule has 2 aliphatic rings. The van der Waals surface area contributed by atoms with Gasteiger partial charge in [0.1, 0.15) is 11.4 Å². The summed E-state index contributed by atoms with van der Waals surface area (Å²) in [6.45, 7) is -0.000903. The molecular weight excluding hydrogens is 247 g/mol. The third kappa shape index (κ3) is 1.89. The lowest BCUT2D eigenvalue weighted by atomic mass is 9.98. The van der Waals surface area contributed by atoms with Crippen molar-refractivity contribution in [3.8, 4) is 0 Å². The van der Waals surface area contributed by atoms with E-state index >= 15 is 0 Å². The third-order valence-electron chi connectivity index (χ3n) is 3.99. The summed E-state index contributed by atoms with van der Waals surface area (Å²) in [7, 11) is 0. The number of nitrogens with zero attached hydrogens (tertiary/aromatic N) is 1. The van der Waals surface area contributed by atoms with Crippen LogP contribution in [-0.2, 0) is 11.3 Å². The Hall–Kier alpha value is -1.91. The second-order valence-corrected chi connectivity index (χ2v) is 5.20. The zero-order valence-electron chi connectivity index (χ0n) is 10.5. The van der Waals surface area contributed by atoms with Crippen LogP contribution in [0.15, 0.2) is 24.3 Å². The van der Waals surface area contributed by atoms with Crippen molar-refractivity contribution >= 4 is 11.9 Å². The maximum absolute atomic E-state index is 13.6. The van der Waals surface area contributed by atoms with E-state index in [-0.39, 0.29) is 12.5 Å². The first-order valence-corrected chi connectivity index (χ1v) is 6.50. The second-order valence-electron chi connectivity index (χ2n) is 5.20. The molecule has 19 heavy (non-hydrogen) atoms. The Morgan fingerprint density at radius 3 is 2.58 bits per heavy atom. The van der Waals surface area contributed by atoms with Crippen LogP contribution in [0, 0.1) is 5.82 Å². The monoisotopic (exact) mass is 262 g/mol. The molecule has 2 fully saturated rings. The maximum Gasteiger partial charge on any atom is 0.325 e. The molecule has 1 N–H and O–H groups in total. The summed E-state index contributed by atoms with van der Waals surface area (Å²) in [5.41, 5.74) is -0.358. The normalized spacial score (nSPS) is 21.2. The van der Waals surface area contributed by atoms with Gasteiger partial charge in [0.25, 0.3) is 5.91 Å². The first kappa shape index (κ1) is 12.1. The molecule has 1 aliphatic carbocycles. The highest BCUT2D eigenvalue weighted by Crippen LogP contribution is 2.35. The predicted octanol–water partition coefficient (Wildman–Crippen LogP) is 2.19. The maximum atomic E-state index is 13.6. The van der Waals surface area contributed by atoms with Crippen LogP contribution in [0.2, 0.25) is 0 Å². The van der Waals surface area contributed by atoms with E-state index in [9.17, 15) is 14.0 Å². The fourth-order valence-corrected chi connectivity index (χ4v) is 2.93. The van der Waals surface area contributed by atoms with E-state index in [0.717, 1.165) is 17.7 Å². The minimum absolute atomic E-state index is 0.000903. The van der Waals surface area contributed by atoms with Crippen molar-refractivity contribution < 1.29 is 14.0 Å². The number of carbonyl (C=O) groups excluding carboxylic acids is 2. The summed E-state index contributed by atoms with van der Waals surface area (Å²) in [4.78, 5) is 25.4. The van der Waals surface area contributed by atoms with E-state index in [1.807, 2.05) is 0 Å². The lowest BCUT2D eigenvalue weighted by molar-refractivity contribution is -0.131. The molecule has 0 unspecified atom stereocenters. The number of amides is 3. The largest absolute Gasteiger partial charge is 0.325 e. The number of nitrogens with one attached hydrogen (secondary N) is 1. The van der Waals surface area contributed by atoms with E-state index in [1.54, 1.807) is 18.2 Å². The predicted molar refractivity (Wildman–Crippen MR) is 66.7 cm³/mol. The van der Waals surface area contributed by atoms with E-state index in [2.05, 4.69) is 5.32 Å². The SMILES string of the molecule is O=C1NC2(CCCC2)C(=O)N1Cc1ccccc1F. The molecule has 3 rings (SSSR count). The highest BCUT2D eigenvalue weighted by atomic mass is 19.1. The van der Waals surface area contributed by atoms with Gasteiger partial charge in [-0.1, -0.05) is 31.0 Å². The number of benzene rings is 1. The first-order chi connectivity index (χ1) is 9.12. The van der Waals surface area contributed by atoms with Gasteiger partial charge in [0, 0.05) is 5.56 Å². The highest BCUT2D eigenvalue weighted by Gasteiger charge is 2.52. The fourth-order valence-electron chi connectivity index (χ4n) is 2.93. The average molecular weight is 262 g/mol. The van der Waals surface area contributed by atoms with Crippen molar-refractivity contribution in [1.29, 1.82) is 0 Å². The summed E-state index contributed by atoms with van der Waals surface area (Å²) >= 11 is 0. The smallest absolute Gasteiger partial charge is 0.323 e. The summed E-state index contributed by atoms with van der Waals surface area (Å²) < 4.78 is 13.6. The van der Waals surface area contributed by atoms with Crippen molar-refractivity contribution in [2.24, 2.45) is 0 Å². The van der Waals surface area contributed by atoms with Crippen molar-refractivity contribution in [3.63, 3.8) is 0 Å². The molecule has 1 saturated carbocycles. The minimum Gasteiger partial charge on any atom is -0.323 e. The molecule has 5 heteroatoms. The Kier molecular flexibility index (Phi) is 2.77. The summed E-state index contributed by atoms with van der Waals surface area (Å²) in [6, 6.07) is 5.80. The third-order valence-corrected chi connectivity index (χ3v) is 3.99. The zero-order chi connectivity index (χ0) is 13.5. The molecule has 1 aromatic carbocycles. The number of rotatable bonds is 2. The molecule has 0 atom stereocenters. The summed E-state index contributed by atoms with van der Waals surface area (Å²) in [5, 5.41) is 2.78. The van der Waals surface area contributed by atoms with Crippen LogP contribution in [0.3, 0.4) is 0 Å². The standard InChI is InChI=1S/C14H15FN2O2/c15-11-6-2-1-5-10(11)9-17-12(18)14(16-13(17)19)7-3-4-8-14/h1-2,5-6H,3-4,7-9H2,(H,16,19). The molecule has 0 aromatic heterocycles. The van der Waals surface area contributed by atoms with Crippen LogP contribution in [0.5, 0.6) is 0 Å². The molecule has 0 bridgehead atoms. The van der Waals surface area contributed by atoms with Crippen molar-refractivity contribution in [2.45, 2.75) is 37.8 Å². The molecule has 1 aliphatic heterocycles. The summed E-state index contributed by atoms with van der Waals surface area (Å²) in [5.74, 6) is -0.603.